The number of benzene rings is 1. The van der Waals surface area contributed by atoms with E-state index in [4.69, 9.17) is 0 Å². The summed E-state index contributed by atoms with van der Waals surface area (Å²) in [5.41, 5.74) is 3.00. The van der Waals surface area contributed by atoms with Crippen molar-refractivity contribution < 1.29 is 9.90 Å². The van der Waals surface area contributed by atoms with Crippen LogP contribution in [-0.2, 0) is 0 Å². The smallest absolute Gasteiger partial charge is 0.272 e. The Balaban J connectivity index is 1.10. The van der Waals surface area contributed by atoms with Crippen LogP contribution in [0.5, 0.6) is 0 Å². The van der Waals surface area contributed by atoms with E-state index in [9.17, 15) is 14.7 Å². The highest BCUT2D eigenvalue weighted by Gasteiger charge is 2.54. The van der Waals surface area contributed by atoms with Gasteiger partial charge in [0.25, 0.3) is 11.5 Å². The number of carbonyl (C=O) groups is 1. The zero-order chi connectivity index (χ0) is 22.7. The zero-order valence-electron chi connectivity index (χ0n) is 18.3. The highest BCUT2D eigenvalue weighted by Crippen LogP contribution is 2.62. The third-order valence-electron chi connectivity index (χ3n) is 7.42. The lowest BCUT2D eigenvalue weighted by molar-refractivity contribution is -0.0197. The fraction of sp³-hybridized carbons (Fsp3) is 0.360. The van der Waals surface area contributed by atoms with Crippen LogP contribution in [0.2, 0.25) is 0 Å². The minimum absolute atomic E-state index is 0.128. The molecular formula is C25H25N5O3. The third-order valence-corrected chi connectivity index (χ3v) is 7.42. The summed E-state index contributed by atoms with van der Waals surface area (Å²) in [4.78, 5) is 29.2. The molecule has 2 fully saturated rings. The van der Waals surface area contributed by atoms with Crippen molar-refractivity contribution >= 4 is 22.3 Å². The zero-order valence-corrected chi connectivity index (χ0v) is 18.3. The molecule has 1 spiro atoms. The summed E-state index contributed by atoms with van der Waals surface area (Å²) in [5, 5.41) is 21.6. The molecule has 3 heterocycles. The number of hydrogen-bond acceptors (Lipinski definition) is 5. The fourth-order valence-electron chi connectivity index (χ4n) is 5.73. The standard InChI is InChI=1S/C25H25N5O3/c1-14(31)15-6-7-30-20(13-26-21(30)8-15)24(33)27-17-11-25(12-17)9-16(10-25)22-18-4-2-3-5-19(18)23(32)29-28-22/h2-8,13-14,16-17,31H,9-12H2,1H3,(H,27,33)(H,29,32). The fourth-order valence-corrected chi connectivity index (χ4v) is 5.73. The first kappa shape index (κ1) is 20.1. The van der Waals surface area contributed by atoms with E-state index in [1.165, 1.54) is 0 Å². The van der Waals surface area contributed by atoms with Gasteiger partial charge in [-0.25, -0.2) is 10.1 Å². The van der Waals surface area contributed by atoms with E-state index in [1.807, 2.05) is 24.3 Å². The van der Waals surface area contributed by atoms with E-state index in [2.05, 4.69) is 20.5 Å². The average molecular weight is 444 g/mol. The lowest BCUT2D eigenvalue weighted by Crippen LogP contribution is -2.55. The molecule has 0 radical (unpaired) electrons. The third kappa shape index (κ3) is 3.24. The number of aliphatic hydroxyl groups is 1. The number of aromatic nitrogens is 4. The number of imidazole rings is 1. The van der Waals surface area contributed by atoms with Crippen molar-refractivity contribution in [1.29, 1.82) is 0 Å². The van der Waals surface area contributed by atoms with Gasteiger partial charge < -0.3 is 10.4 Å². The molecule has 2 aliphatic rings. The quantitative estimate of drug-likeness (QED) is 0.449. The van der Waals surface area contributed by atoms with Crippen molar-refractivity contribution in [3.05, 3.63) is 76.1 Å². The molecule has 33 heavy (non-hydrogen) atoms. The molecule has 1 unspecified atom stereocenters. The summed E-state index contributed by atoms with van der Waals surface area (Å²) in [6.45, 7) is 1.70. The van der Waals surface area contributed by atoms with Crippen LogP contribution < -0.4 is 10.9 Å². The summed E-state index contributed by atoms with van der Waals surface area (Å²) in [6.07, 6.45) is 6.75. The number of aliphatic hydroxyl groups excluding tert-OH is 1. The Morgan fingerprint density at radius 3 is 2.73 bits per heavy atom. The lowest BCUT2D eigenvalue weighted by atomic mass is 9.49. The second-order valence-electron chi connectivity index (χ2n) is 9.68. The normalized spacial score (nSPS) is 25.0. The first-order valence-electron chi connectivity index (χ1n) is 11.4. The van der Waals surface area contributed by atoms with Gasteiger partial charge in [0.15, 0.2) is 0 Å². The van der Waals surface area contributed by atoms with E-state index in [-0.39, 0.29) is 22.9 Å². The molecule has 4 aromatic rings. The highest BCUT2D eigenvalue weighted by atomic mass is 16.3. The summed E-state index contributed by atoms with van der Waals surface area (Å²) in [6, 6.07) is 11.4. The van der Waals surface area contributed by atoms with Gasteiger partial charge in [-0.1, -0.05) is 18.2 Å². The number of hydrogen-bond donors (Lipinski definition) is 3. The maximum absolute atomic E-state index is 12.9. The van der Waals surface area contributed by atoms with E-state index in [0.717, 1.165) is 42.3 Å². The van der Waals surface area contributed by atoms with E-state index < -0.39 is 6.10 Å². The first-order valence-corrected chi connectivity index (χ1v) is 11.4. The second kappa shape index (κ2) is 7.25. The molecule has 8 heteroatoms. The van der Waals surface area contributed by atoms with Crippen molar-refractivity contribution in [2.45, 2.75) is 50.7 Å². The van der Waals surface area contributed by atoms with Crippen molar-refractivity contribution in [3.8, 4) is 0 Å². The predicted octanol–water partition coefficient (Wildman–Crippen LogP) is 3.08. The number of aromatic amines is 1. The number of H-pyrrole nitrogens is 1. The van der Waals surface area contributed by atoms with Crippen LogP contribution in [0.1, 0.15) is 66.4 Å². The Hall–Kier alpha value is -3.52. The van der Waals surface area contributed by atoms with Crippen LogP contribution in [0.4, 0.5) is 0 Å². The maximum atomic E-state index is 12.9. The molecule has 168 valence electrons. The number of nitrogens with zero attached hydrogens (tertiary/aromatic N) is 3. The van der Waals surface area contributed by atoms with Gasteiger partial charge in [0, 0.05) is 23.5 Å². The molecule has 2 saturated carbocycles. The van der Waals surface area contributed by atoms with Gasteiger partial charge in [0.05, 0.1) is 23.4 Å². The van der Waals surface area contributed by atoms with Crippen LogP contribution in [0.3, 0.4) is 0 Å². The van der Waals surface area contributed by atoms with Crippen LogP contribution in [0.15, 0.2) is 53.6 Å². The predicted molar refractivity (Wildman–Crippen MR) is 123 cm³/mol. The molecule has 0 bridgehead atoms. The molecule has 1 atom stereocenters. The molecule has 8 nitrogen and oxygen atoms in total. The molecular weight excluding hydrogens is 418 g/mol. The number of amides is 1. The minimum Gasteiger partial charge on any atom is -0.389 e. The van der Waals surface area contributed by atoms with Crippen LogP contribution in [0, 0.1) is 5.41 Å². The van der Waals surface area contributed by atoms with Gasteiger partial charge in [-0.15, -0.1) is 0 Å². The van der Waals surface area contributed by atoms with E-state index in [1.54, 1.807) is 35.9 Å². The minimum atomic E-state index is -0.578. The number of pyridine rings is 1. The van der Waals surface area contributed by atoms with Gasteiger partial charge in [0.2, 0.25) is 0 Å². The van der Waals surface area contributed by atoms with Gasteiger partial charge in [-0.3, -0.25) is 14.0 Å². The monoisotopic (exact) mass is 443 g/mol. The highest BCUT2D eigenvalue weighted by molar-refractivity contribution is 5.93. The Labute approximate surface area is 189 Å². The van der Waals surface area contributed by atoms with Crippen molar-refractivity contribution in [2.75, 3.05) is 0 Å². The largest absolute Gasteiger partial charge is 0.389 e. The Morgan fingerprint density at radius 2 is 1.97 bits per heavy atom. The van der Waals surface area contributed by atoms with Crippen molar-refractivity contribution in [2.24, 2.45) is 5.41 Å². The number of carbonyl (C=O) groups excluding carboxylic acids is 1. The van der Waals surface area contributed by atoms with Gasteiger partial charge in [-0.05, 0) is 61.8 Å². The van der Waals surface area contributed by atoms with Crippen LogP contribution in [-0.4, -0.2) is 36.6 Å². The van der Waals surface area contributed by atoms with Crippen molar-refractivity contribution in [1.82, 2.24) is 24.9 Å². The van der Waals surface area contributed by atoms with Crippen LogP contribution in [0.25, 0.3) is 16.4 Å². The molecule has 3 aromatic heterocycles. The molecule has 1 amide bonds. The molecule has 6 rings (SSSR count). The van der Waals surface area contributed by atoms with Gasteiger partial charge in [-0.2, -0.15) is 5.10 Å². The molecule has 3 N–H and O–H groups in total. The average Bonchev–Trinajstić information content (AvgIpc) is 3.19. The second-order valence-corrected chi connectivity index (χ2v) is 9.68. The van der Waals surface area contributed by atoms with Gasteiger partial charge >= 0.3 is 0 Å². The van der Waals surface area contributed by atoms with Crippen molar-refractivity contribution in [3.63, 3.8) is 0 Å². The molecule has 0 aliphatic heterocycles. The summed E-state index contributed by atoms with van der Waals surface area (Å²) in [5.74, 6) is 0.210. The van der Waals surface area contributed by atoms with Gasteiger partial charge in [0.1, 0.15) is 11.3 Å². The lowest BCUT2D eigenvalue weighted by Gasteiger charge is -2.57. The molecule has 1 aromatic carbocycles. The topological polar surface area (TPSA) is 112 Å². The first-order chi connectivity index (χ1) is 15.9. The number of nitrogens with one attached hydrogen (secondary N) is 2. The van der Waals surface area contributed by atoms with Crippen LogP contribution >= 0.6 is 0 Å². The molecule has 2 aliphatic carbocycles. The van der Waals surface area contributed by atoms with E-state index >= 15 is 0 Å². The Bertz CT molecular complexity index is 1440. The molecule has 0 saturated heterocycles. The summed E-state index contributed by atoms with van der Waals surface area (Å²) < 4.78 is 1.75. The maximum Gasteiger partial charge on any atom is 0.272 e. The Morgan fingerprint density at radius 1 is 1.21 bits per heavy atom. The summed E-state index contributed by atoms with van der Waals surface area (Å²) >= 11 is 0. The number of rotatable bonds is 4. The Kier molecular flexibility index (Phi) is 4.42. The number of fused-ring (bicyclic) bond motifs is 2. The van der Waals surface area contributed by atoms with E-state index in [0.29, 0.717) is 22.6 Å². The SMILES string of the molecule is CC(O)c1ccn2c(C(=O)NC3CC4(C3)CC(c3n[nH]c(=O)c5ccccc35)C4)cnc2c1. The summed E-state index contributed by atoms with van der Waals surface area (Å²) in [7, 11) is 0.